The average Bonchev–Trinajstić information content (AvgIpc) is 4.11. The van der Waals surface area contributed by atoms with Crippen LogP contribution in [0.15, 0.2) is 194 Å². The summed E-state index contributed by atoms with van der Waals surface area (Å²) in [4.78, 5) is 4.48. The molecule has 0 bridgehead atoms. The van der Waals surface area contributed by atoms with Crippen molar-refractivity contribution in [1.29, 1.82) is 0 Å². The summed E-state index contributed by atoms with van der Waals surface area (Å²) >= 11 is 0. The van der Waals surface area contributed by atoms with Gasteiger partial charge >= 0.3 is 0 Å². The minimum atomic E-state index is -0.247. The number of nitrogens with zero attached hydrogens (tertiary/aromatic N) is 2. The Morgan fingerprint density at radius 3 is 0.765 bits per heavy atom. The number of aryl methyl sites for hydroxylation is 4. The Kier molecular flexibility index (Phi) is 12.2. The Hall–Kier alpha value is -8.86. The first-order valence-electron chi connectivity index (χ1n) is 28.3. The third-order valence-corrected chi connectivity index (χ3v) is 17.6. The monoisotopic (exact) mass is 1060 g/mol. The Bertz CT molecular complexity index is 3950. The van der Waals surface area contributed by atoms with E-state index in [4.69, 9.17) is 0 Å². The Morgan fingerprint density at radius 2 is 0.494 bits per heavy atom. The highest BCUT2D eigenvalue weighted by molar-refractivity contribution is 5.90. The van der Waals surface area contributed by atoms with Crippen LogP contribution in [0, 0.1) is 39.3 Å². The Labute approximate surface area is 477 Å². The van der Waals surface area contributed by atoms with Crippen LogP contribution < -0.4 is 9.80 Å². The first kappa shape index (κ1) is 51.6. The molecule has 0 aromatic heterocycles. The fraction of sp³-hybridized carbons (Fsp3) is 0.169. The molecule has 10 aromatic rings. The molecule has 13 rings (SSSR count). The van der Waals surface area contributed by atoms with E-state index in [2.05, 4.69) is 249 Å². The Balaban J connectivity index is 0.733. The van der Waals surface area contributed by atoms with Crippen molar-refractivity contribution in [3.05, 3.63) is 284 Å². The molecule has 0 saturated carbocycles. The second-order valence-corrected chi connectivity index (χ2v) is 24.5. The number of halogens is 2. The lowest BCUT2D eigenvalue weighted by molar-refractivity contribution is 0.627. The maximum atomic E-state index is 14.2. The van der Waals surface area contributed by atoms with Gasteiger partial charge in [-0.25, -0.2) is 8.78 Å². The highest BCUT2D eigenvalue weighted by Crippen LogP contribution is 2.54. The summed E-state index contributed by atoms with van der Waals surface area (Å²) in [5, 5.41) is 0. The van der Waals surface area contributed by atoms with Crippen molar-refractivity contribution in [2.75, 3.05) is 9.80 Å². The summed E-state index contributed by atoms with van der Waals surface area (Å²) in [5.41, 5.74) is 30.3. The van der Waals surface area contributed by atoms with Gasteiger partial charge in [0, 0.05) is 50.4 Å². The molecular formula is C77H66F2N2. The minimum Gasteiger partial charge on any atom is -0.310 e. The molecule has 3 aliphatic rings. The van der Waals surface area contributed by atoms with E-state index in [1.54, 1.807) is 0 Å². The van der Waals surface area contributed by atoms with Crippen LogP contribution in [0.5, 0.6) is 0 Å². The predicted octanol–water partition coefficient (Wildman–Crippen LogP) is 21.4. The van der Waals surface area contributed by atoms with E-state index in [9.17, 15) is 8.78 Å². The van der Waals surface area contributed by atoms with Crippen molar-refractivity contribution in [2.45, 2.75) is 85.5 Å². The van der Waals surface area contributed by atoms with E-state index >= 15 is 0 Å². The molecule has 398 valence electrons. The highest BCUT2D eigenvalue weighted by Gasteiger charge is 2.39. The standard InChI is InChI=1S/C77H66F2N2/c1-47-35-48(2)38-61(37-47)80(57-23-19-55(78)20-24-57)59-27-33-67-65-31-17-53(43-71(65)76(7,8)73(67)45-59)13-11-51-15-29-63-64-30-16-52(42-70(64)75(5,6)69(63)41-51)12-14-54-18-32-66-68-34-28-60(46-74(68)77(9,10)72(66)44-54)81(58-25-21-56(79)22-26-58)62-39-49(3)36-50(4)40-62/h11-46H,1-10H3/b13-11+,14-12+. The van der Waals surface area contributed by atoms with Crippen LogP contribution in [0.4, 0.5) is 42.9 Å². The summed E-state index contributed by atoms with van der Waals surface area (Å²) in [6, 6.07) is 68.1. The molecule has 0 radical (unpaired) electrons. The van der Waals surface area contributed by atoms with Gasteiger partial charge in [-0.15, -0.1) is 0 Å². The molecule has 4 heteroatoms. The summed E-state index contributed by atoms with van der Waals surface area (Å²) in [5.74, 6) is -0.495. The molecule has 0 saturated heterocycles. The lowest BCUT2D eigenvalue weighted by atomic mass is 9.81. The van der Waals surface area contributed by atoms with Crippen molar-refractivity contribution in [1.82, 2.24) is 0 Å². The number of anilines is 6. The van der Waals surface area contributed by atoms with E-state index in [0.29, 0.717) is 0 Å². The SMILES string of the molecule is Cc1cc(C)cc(N(c2ccc(F)cc2)c2ccc3c(c2)C(C)(C)c2cc(/C=C/c4ccc5c(c4)C(C)(C)c4cc(/C=C/c6ccc7c(c6)C(C)(C)c6cc(N(c8ccc(F)cc8)c8cc(C)cc(C)c8)ccc6-7)ccc4-5)ccc2-3)c1. The Morgan fingerprint density at radius 1 is 0.259 bits per heavy atom. The topological polar surface area (TPSA) is 6.48 Å². The second kappa shape index (κ2) is 19.2. The van der Waals surface area contributed by atoms with Crippen molar-refractivity contribution >= 4 is 58.4 Å². The summed E-state index contributed by atoms with van der Waals surface area (Å²) in [6.45, 7) is 22.5. The number of rotatable bonds is 10. The molecule has 0 aliphatic heterocycles. The van der Waals surface area contributed by atoms with E-state index in [1.807, 2.05) is 24.3 Å². The lowest BCUT2D eigenvalue weighted by Gasteiger charge is -2.28. The molecule has 10 aromatic carbocycles. The zero-order valence-electron chi connectivity index (χ0n) is 47.9. The molecule has 0 fully saturated rings. The number of hydrogen-bond acceptors (Lipinski definition) is 2. The smallest absolute Gasteiger partial charge is 0.123 e. The van der Waals surface area contributed by atoms with Crippen molar-refractivity contribution in [3.8, 4) is 33.4 Å². The molecule has 0 unspecified atom stereocenters. The minimum absolute atomic E-state index is 0.183. The largest absolute Gasteiger partial charge is 0.310 e. The predicted molar refractivity (Wildman–Crippen MR) is 338 cm³/mol. The van der Waals surface area contributed by atoms with Gasteiger partial charge in [-0.2, -0.15) is 0 Å². The third kappa shape index (κ3) is 8.93. The first-order chi connectivity index (χ1) is 38.8. The van der Waals surface area contributed by atoms with E-state index in [-0.39, 0.29) is 27.9 Å². The maximum Gasteiger partial charge on any atom is 0.123 e. The van der Waals surface area contributed by atoms with Crippen molar-refractivity contribution in [2.24, 2.45) is 0 Å². The molecule has 0 amide bonds. The van der Waals surface area contributed by atoms with Crippen molar-refractivity contribution in [3.63, 3.8) is 0 Å². The number of hydrogen-bond donors (Lipinski definition) is 0. The number of benzene rings is 10. The summed E-state index contributed by atoms with van der Waals surface area (Å²) < 4.78 is 28.5. The molecular weight excluding hydrogens is 991 g/mol. The molecule has 3 aliphatic carbocycles. The molecule has 0 N–H and O–H groups in total. The van der Waals surface area contributed by atoms with Crippen LogP contribution in [-0.4, -0.2) is 0 Å². The maximum absolute atomic E-state index is 14.2. The zero-order chi connectivity index (χ0) is 56.3. The van der Waals surface area contributed by atoms with Gasteiger partial charge in [-0.05, 0) is 236 Å². The third-order valence-electron chi connectivity index (χ3n) is 17.6. The average molecular weight is 1060 g/mol. The molecule has 2 nitrogen and oxygen atoms in total. The van der Waals surface area contributed by atoms with Crippen LogP contribution in [0.1, 0.15) is 119 Å². The quantitative estimate of drug-likeness (QED) is 0.126. The first-order valence-corrected chi connectivity index (χ1v) is 28.3. The van der Waals surface area contributed by atoms with Gasteiger partial charge in [0.1, 0.15) is 11.6 Å². The summed E-state index contributed by atoms with van der Waals surface area (Å²) in [6.07, 6.45) is 9.04. The van der Waals surface area contributed by atoms with Crippen LogP contribution >= 0.6 is 0 Å². The molecule has 0 spiro atoms. The van der Waals surface area contributed by atoms with E-state index < -0.39 is 0 Å². The van der Waals surface area contributed by atoms with Gasteiger partial charge in [-0.1, -0.05) is 163 Å². The fourth-order valence-electron chi connectivity index (χ4n) is 13.6. The van der Waals surface area contributed by atoms with E-state index in [0.717, 1.165) is 34.1 Å². The van der Waals surface area contributed by atoms with E-state index in [1.165, 1.54) is 136 Å². The van der Waals surface area contributed by atoms with Gasteiger partial charge in [0.05, 0.1) is 0 Å². The molecule has 81 heavy (non-hydrogen) atoms. The molecule has 0 heterocycles. The van der Waals surface area contributed by atoms with Crippen LogP contribution in [-0.2, 0) is 16.2 Å². The van der Waals surface area contributed by atoms with Gasteiger partial charge < -0.3 is 9.80 Å². The fourth-order valence-corrected chi connectivity index (χ4v) is 13.6. The van der Waals surface area contributed by atoms with Gasteiger partial charge in [0.2, 0.25) is 0 Å². The lowest BCUT2D eigenvalue weighted by Crippen LogP contribution is -2.17. The number of fused-ring (bicyclic) bond motifs is 9. The van der Waals surface area contributed by atoms with Gasteiger partial charge in [0.25, 0.3) is 0 Å². The van der Waals surface area contributed by atoms with Crippen LogP contribution in [0.3, 0.4) is 0 Å². The highest BCUT2D eigenvalue weighted by atomic mass is 19.1. The van der Waals surface area contributed by atoms with Crippen LogP contribution in [0.25, 0.3) is 57.7 Å². The van der Waals surface area contributed by atoms with Gasteiger partial charge in [0.15, 0.2) is 0 Å². The van der Waals surface area contributed by atoms with Crippen molar-refractivity contribution < 1.29 is 8.78 Å². The second-order valence-electron chi connectivity index (χ2n) is 24.5. The summed E-state index contributed by atoms with van der Waals surface area (Å²) in [7, 11) is 0. The van der Waals surface area contributed by atoms with Gasteiger partial charge in [-0.3, -0.25) is 0 Å². The normalized spacial score (nSPS) is 14.6. The van der Waals surface area contributed by atoms with Crippen LogP contribution in [0.2, 0.25) is 0 Å². The zero-order valence-corrected chi connectivity index (χ0v) is 47.9. The molecule has 0 atom stereocenters.